The third-order valence-electron chi connectivity index (χ3n) is 6.38. The average molecular weight is 619 g/mol. The highest BCUT2D eigenvalue weighted by Crippen LogP contribution is 2.38. The molecule has 7 nitrogen and oxygen atoms in total. The molecule has 1 atom stereocenters. The highest BCUT2D eigenvalue weighted by Gasteiger charge is 2.39. The average Bonchev–Trinajstić information content (AvgIpc) is 2.91. The zero-order valence-corrected chi connectivity index (χ0v) is 22.1. The zero-order chi connectivity index (χ0) is 30.9. The molecule has 3 aromatic carbocycles. The van der Waals surface area contributed by atoms with Crippen LogP contribution in [-0.2, 0) is 43.1 Å². The summed E-state index contributed by atoms with van der Waals surface area (Å²) in [5.41, 5.74) is -2.88. The van der Waals surface area contributed by atoms with Gasteiger partial charge in [-0.25, -0.2) is 12.8 Å². The topological polar surface area (TPSA) is 92.8 Å². The predicted molar refractivity (Wildman–Crippen MR) is 134 cm³/mol. The first-order chi connectivity index (χ1) is 19.6. The number of carbonyl (C=O) groups is 2. The van der Waals surface area contributed by atoms with E-state index in [4.69, 9.17) is 4.74 Å². The van der Waals surface area contributed by atoms with Crippen molar-refractivity contribution in [2.75, 3.05) is 18.5 Å². The maximum atomic E-state index is 13.4. The lowest BCUT2D eigenvalue weighted by Gasteiger charge is -2.36. The number of anilines is 1. The van der Waals surface area contributed by atoms with Crippen molar-refractivity contribution in [3.8, 4) is 0 Å². The van der Waals surface area contributed by atoms with Crippen LogP contribution in [0.15, 0.2) is 71.6 Å². The fraction of sp³-hybridized carbons (Fsp3) is 0.259. The number of benzene rings is 3. The minimum Gasteiger partial charge on any atom is -0.456 e. The van der Waals surface area contributed by atoms with E-state index < -0.39 is 76.0 Å². The van der Waals surface area contributed by atoms with E-state index in [1.807, 2.05) is 5.32 Å². The van der Waals surface area contributed by atoms with Gasteiger partial charge in [-0.15, -0.1) is 0 Å². The van der Waals surface area contributed by atoms with Crippen molar-refractivity contribution in [2.24, 2.45) is 0 Å². The van der Waals surface area contributed by atoms with Gasteiger partial charge < -0.3 is 10.1 Å². The Morgan fingerprint density at radius 3 is 2.10 bits per heavy atom. The number of carbonyl (C=O) groups excluding carboxylic acids is 2. The van der Waals surface area contributed by atoms with Crippen molar-refractivity contribution in [1.82, 2.24) is 4.31 Å². The number of fused-ring (bicyclic) bond motifs is 1. The van der Waals surface area contributed by atoms with Crippen LogP contribution < -0.4 is 5.32 Å². The quantitative estimate of drug-likeness (QED) is 0.270. The van der Waals surface area contributed by atoms with Crippen LogP contribution in [0.3, 0.4) is 0 Å². The van der Waals surface area contributed by atoms with Crippen LogP contribution in [-0.4, -0.2) is 37.8 Å². The molecule has 0 spiro atoms. The molecular formula is C27H21F7N2O5S. The van der Waals surface area contributed by atoms with Gasteiger partial charge in [0, 0.05) is 12.2 Å². The second-order valence-electron chi connectivity index (χ2n) is 9.24. The van der Waals surface area contributed by atoms with E-state index in [0.29, 0.717) is 24.1 Å². The summed E-state index contributed by atoms with van der Waals surface area (Å²) in [7, 11) is -4.22. The summed E-state index contributed by atoms with van der Waals surface area (Å²) in [5, 5.41) is 1.85. The number of halogens is 7. The Hall–Kier alpha value is -3.98. The fourth-order valence-corrected chi connectivity index (χ4v) is 6.06. The van der Waals surface area contributed by atoms with Gasteiger partial charge in [0.2, 0.25) is 10.0 Å². The first-order valence-corrected chi connectivity index (χ1v) is 13.6. The SMILES string of the molecule is O=C(COC(=O)C[C@H]1c2ccccc2CCN1S(=O)(=O)c1ccc(F)cc1)Nc1cc(C(F)(F)F)cc(C(F)(F)F)c1. The fourth-order valence-electron chi connectivity index (χ4n) is 4.46. The van der Waals surface area contributed by atoms with Crippen molar-refractivity contribution in [1.29, 1.82) is 0 Å². The van der Waals surface area contributed by atoms with Gasteiger partial charge >= 0.3 is 18.3 Å². The zero-order valence-electron chi connectivity index (χ0n) is 21.3. The minimum absolute atomic E-state index is 0.0355. The van der Waals surface area contributed by atoms with Gasteiger partial charge in [0.1, 0.15) is 5.82 Å². The van der Waals surface area contributed by atoms with E-state index in [1.54, 1.807) is 24.3 Å². The van der Waals surface area contributed by atoms with Crippen molar-refractivity contribution in [3.63, 3.8) is 0 Å². The molecule has 1 N–H and O–H groups in total. The van der Waals surface area contributed by atoms with Crippen molar-refractivity contribution in [3.05, 3.63) is 94.8 Å². The summed E-state index contributed by atoms with van der Waals surface area (Å²) in [5.74, 6) is -2.95. The molecule has 0 fully saturated rings. The summed E-state index contributed by atoms with van der Waals surface area (Å²) < 4.78 is 125. The van der Waals surface area contributed by atoms with E-state index >= 15 is 0 Å². The molecular weight excluding hydrogens is 597 g/mol. The van der Waals surface area contributed by atoms with Crippen LogP contribution in [0.25, 0.3) is 0 Å². The molecule has 224 valence electrons. The monoisotopic (exact) mass is 618 g/mol. The highest BCUT2D eigenvalue weighted by molar-refractivity contribution is 7.89. The molecule has 15 heteroatoms. The number of amides is 1. The van der Waals surface area contributed by atoms with E-state index in [-0.39, 0.29) is 17.5 Å². The van der Waals surface area contributed by atoms with Crippen molar-refractivity contribution < 1.29 is 53.5 Å². The standard InChI is InChI=1S/C27H21F7N2O5S/c28-19-5-7-21(8-6-19)42(39,40)36-10-9-16-3-1-2-4-22(16)23(36)14-25(38)41-15-24(37)35-20-12-17(26(29,30)31)11-18(13-20)27(32,33)34/h1-8,11-13,23H,9-10,14-15H2,(H,35,37)/t23-/m0/s1. The van der Waals surface area contributed by atoms with Crippen LogP contribution in [0.1, 0.15) is 34.7 Å². The third kappa shape index (κ3) is 7.07. The van der Waals surface area contributed by atoms with Crippen LogP contribution in [0.4, 0.5) is 36.4 Å². The molecule has 0 saturated carbocycles. The highest BCUT2D eigenvalue weighted by atomic mass is 32.2. The Balaban J connectivity index is 1.50. The molecule has 0 bridgehead atoms. The Morgan fingerprint density at radius 1 is 0.905 bits per heavy atom. The normalized spacial score (nSPS) is 16.0. The van der Waals surface area contributed by atoms with Gasteiger partial charge in [0.15, 0.2) is 6.61 Å². The summed E-state index contributed by atoms with van der Waals surface area (Å²) in [6, 6.07) is 10.2. The number of nitrogens with one attached hydrogen (secondary N) is 1. The van der Waals surface area contributed by atoms with Gasteiger partial charge in [-0.2, -0.15) is 30.6 Å². The molecule has 1 heterocycles. The minimum atomic E-state index is -5.14. The lowest BCUT2D eigenvalue weighted by molar-refractivity contribution is -0.148. The molecule has 0 saturated heterocycles. The first kappa shape index (κ1) is 31.0. The molecule has 0 aliphatic carbocycles. The molecule has 1 aliphatic heterocycles. The van der Waals surface area contributed by atoms with Crippen LogP contribution >= 0.6 is 0 Å². The van der Waals surface area contributed by atoms with Crippen LogP contribution in [0.2, 0.25) is 0 Å². The van der Waals surface area contributed by atoms with Gasteiger partial charge in [-0.05, 0) is 60.0 Å². The lowest BCUT2D eigenvalue weighted by Crippen LogP contribution is -2.41. The van der Waals surface area contributed by atoms with E-state index in [2.05, 4.69) is 0 Å². The molecule has 1 aliphatic rings. The number of esters is 1. The molecule has 0 radical (unpaired) electrons. The smallest absolute Gasteiger partial charge is 0.416 e. The van der Waals surface area contributed by atoms with E-state index in [9.17, 15) is 48.7 Å². The molecule has 1 amide bonds. The van der Waals surface area contributed by atoms with Gasteiger partial charge in [0.05, 0.1) is 28.5 Å². The van der Waals surface area contributed by atoms with Crippen molar-refractivity contribution >= 4 is 27.6 Å². The number of alkyl halides is 6. The number of ether oxygens (including phenoxy) is 1. The summed E-state index contributed by atoms with van der Waals surface area (Å²) >= 11 is 0. The number of nitrogens with zero attached hydrogens (tertiary/aromatic N) is 1. The number of rotatable bonds is 7. The van der Waals surface area contributed by atoms with Gasteiger partial charge in [-0.3, -0.25) is 9.59 Å². The predicted octanol–water partition coefficient (Wildman–Crippen LogP) is 5.72. The summed E-state index contributed by atoms with van der Waals surface area (Å²) in [6.07, 6.45) is -10.5. The number of hydrogen-bond donors (Lipinski definition) is 1. The van der Waals surface area contributed by atoms with Crippen molar-refractivity contribution in [2.45, 2.75) is 36.1 Å². The number of sulfonamides is 1. The van der Waals surface area contributed by atoms with E-state index in [0.717, 1.165) is 34.1 Å². The van der Waals surface area contributed by atoms with Gasteiger partial charge in [-0.1, -0.05) is 24.3 Å². The molecule has 0 unspecified atom stereocenters. The lowest BCUT2D eigenvalue weighted by atomic mass is 9.92. The van der Waals surface area contributed by atoms with Crippen LogP contribution in [0, 0.1) is 5.82 Å². The summed E-state index contributed by atoms with van der Waals surface area (Å²) in [4.78, 5) is 24.8. The maximum absolute atomic E-state index is 13.4. The second-order valence-corrected chi connectivity index (χ2v) is 11.1. The molecule has 0 aromatic heterocycles. The Labute approximate surface area is 234 Å². The van der Waals surface area contributed by atoms with E-state index in [1.165, 1.54) is 0 Å². The van der Waals surface area contributed by atoms with Crippen LogP contribution in [0.5, 0.6) is 0 Å². The molecule has 4 rings (SSSR count). The molecule has 42 heavy (non-hydrogen) atoms. The summed E-state index contributed by atoms with van der Waals surface area (Å²) in [6.45, 7) is -1.11. The Bertz CT molecular complexity index is 1560. The maximum Gasteiger partial charge on any atom is 0.416 e. The largest absolute Gasteiger partial charge is 0.456 e. The first-order valence-electron chi connectivity index (χ1n) is 12.2. The Morgan fingerprint density at radius 2 is 1.50 bits per heavy atom. The third-order valence-corrected chi connectivity index (χ3v) is 8.30. The Kier molecular flexibility index (Phi) is 8.64. The molecule has 3 aromatic rings. The number of hydrogen-bond acceptors (Lipinski definition) is 5. The second kappa shape index (κ2) is 11.7. The van der Waals surface area contributed by atoms with Gasteiger partial charge in [0.25, 0.3) is 5.91 Å².